The molecule has 0 unspecified atom stereocenters. The molecule has 1 aliphatic heterocycles. The number of nitrogens with zero attached hydrogens (tertiary/aromatic N) is 3. The van der Waals surface area contributed by atoms with Crippen LogP contribution >= 0.6 is 11.3 Å². The number of hydrogen-bond acceptors (Lipinski definition) is 9. The molecule has 0 spiro atoms. The summed E-state index contributed by atoms with van der Waals surface area (Å²) in [5.41, 5.74) is -0.875. The molecule has 10 nitrogen and oxygen atoms in total. The smallest absolute Gasteiger partial charge is 0.426 e. The monoisotopic (exact) mass is 631 g/mol. The van der Waals surface area contributed by atoms with Gasteiger partial charge in [0.2, 0.25) is 11.0 Å². The number of thiazole rings is 1. The lowest BCUT2D eigenvalue weighted by Gasteiger charge is -2.57. The fourth-order valence-corrected chi connectivity index (χ4v) is 7.74. The zero-order chi connectivity index (χ0) is 32.5. The summed E-state index contributed by atoms with van der Waals surface area (Å²) in [4.78, 5) is 59.1. The van der Waals surface area contributed by atoms with E-state index in [4.69, 9.17) is 14.2 Å². The van der Waals surface area contributed by atoms with E-state index in [-0.39, 0.29) is 29.1 Å². The summed E-state index contributed by atoms with van der Waals surface area (Å²) in [6, 6.07) is 8.64. The van der Waals surface area contributed by atoms with E-state index in [0.29, 0.717) is 4.88 Å². The number of carbonyl (C=O) groups is 4. The number of β-lactam (4-membered cyclic amide) rings is 1. The second kappa shape index (κ2) is 12.4. The first-order valence-corrected chi connectivity index (χ1v) is 18.1. The van der Waals surface area contributed by atoms with Gasteiger partial charge < -0.3 is 18.8 Å². The van der Waals surface area contributed by atoms with Crippen molar-refractivity contribution in [1.82, 2.24) is 9.55 Å². The minimum absolute atomic E-state index is 0.0507. The summed E-state index contributed by atoms with van der Waals surface area (Å²) in [5, 5.41) is -0.139. The summed E-state index contributed by atoms with van der Waals surface area (Å²) < 4.78 is 18.4. The third-order valence-electron chi connectivity index (χ3n) is 7.42. The number of imide groups is 1. The summed E-state index contributed by atoms with van der Waals surface area (Å²) >= 11 is 1.07. The number of hydrogen-bond donors (Lipinski definition) is 0. The van der Waals surface area contributed by atoms with E-state index in [1.807, 2.05) is 30.3 Å². The molecule has 0 N–H and O–H groups in total. The number of ether oxygens (including phenoxy) is 3. The molecule has 0 aliphatic carbocycles. The van der Waals surface area contributed by atoms with Crippen LogP contribution in [0.4, 0.5) is 14.7 Å². The van der Waals surface area contributed by atoms with Gasteiger partial charge in [-0.15, -0.1) is 11.3 Å². The molecule has 12 heteroatoms. The van der Waals surface area contributed by atoms with E-state index in [2.05, 4.69) is 38.8 Å². The molecular formula is C31H45N3O7SSi. The Morgan fingerprint density at radius 3 is 1.95 bits per heavy atom. The molecule has 2 atom stereocenters. The molecule has 2 heterocycles. The van der Waals surface area contributed by atoms with Gasteiger partial charge in [-0.1, -0.05) is 64.2 Å². The maximum Gasteiger partial charge on any atom is 0.426 e. The summed E-state index contributed by atoms with van der Waals surface area (Å²) in [6.45, 7) is 20.7. The molecule has 43 heavy (non-hydrogen) atoms. The number of esters is 1. The number of benzene rings is 1. The minimum atomic E-state index is -2.43. The first-order valence-electron chi connectivity index (χ1n) is 14.4. The lowest BCUT2D eigenvalue weighted by molar-refractivity contribution is -0.168. The van der Waals surface area contributed by atoms with Crippen LogP contribution in [0.15, 0.2) is 36.5 Å². The average Bonchev–Trinajstić information content (AvgIpc) is 3.29. The summed E-state index contributed by atoms with van der Waals surface area (Å²) in [5.74, 6) is -1.23. The fraction of sp³-hybridized carbons (Fsp3) is 0.581. The van der Waals surface area contributed by atoms with Gasteiger partial charge in [0, 0.05) is 11.1 Å². The molecule has 3 amide bonds. The molecule has 1 aromatic heterocycles. The number of carbonyl (C=O) groups excluding carboxylic acids is 4. The van der Waals surface area contributed by atoms with Gasteiger partial charge in [0.05, 0.1) is 5.92 Å². The van der Waals surface area contributed by atoms with Gasteiger partial charge in [-0.2, -0.15) is 4.90 Å². The van der Waals surface area contributed by atoms with E-state index in [9.17, 15) is 19.2 Å². The van der Waals surface area contributed by atoms with Gasteiger partial charge in [0.1, 0.15) is 23.9 Å². The number of aromatic nitrogens is 1. The minimum Gasteiger partial charge on any atom is -0.459 e. The van der Waals surface area contributed by atoms with Crippen LogP contribution in [0.5, 0.6) is 0 Å². The van der Waals surface area contributed by atoms with Crippen LogP contribution in [-0.4, -0.2) is 59.1 Å². The quantitative estimate of drug-likeness (QED) is 0.140. The Balaban J connectivity index is 1.89. The molecule has 0 bridgehead atoms. The van der Waals surface area contributed by atoms with Gasteiger partial charge in [-0.05, 0) is 58.6 Å². The predicted molar refractivity (Wildman–Crippen MR) is 168 cm³/mol. The lowest BCUT2D eigenvalue weighted by atomic mass is 9.87. The molecule has 1 aromatic carbocycles. The van der Waals surface area contributed by atoms with Crippen LogP contribution in [0.1, 0.15) is 72.8 Å². The Kier molecular flexibility index (Phi) is 9.87. The van der Waals surface area contributed by atoms with Gasteiger partial charge in [0.25, 0.3) is 0 Å². The van der Waals surface area contributed by atoms with E-state index in [0.717, 1.165) is 21.8 Å². The second-order valence-electron chi connectivity index (χ2n) is 14.3. The van der Waals surface area contributed by atoms with Crippen LogP contribution in [0.3, 0.4) is 0 Å². The lowest BCUT2D eigenvalue weighted by Crippen LogP contribution is -2.75. The topological polar surface area (TPSA) is 115 Å². The Morgan fingerprint density at radius 1 is 0.930 bits per heavy atom. The summed E-state index contributed by atoms with van der Waals surface area (Å²) in [6.07, 6.45) is -0.137. The molecule has 0 saturated carbocycles. The molecule has 236 valence electrons. The van der Waals surface area contributed by atoms with E-state index < -0.39 is 49.6 Å². The van der Waals surface area contributed by atoms with E-state index in [1.165, 1.54) is 6.20 Å². The van der Waals surface area contributed by atoms with Crippen molar-refractivity contribution in [2.24, 2.45) is 5.92 Å². The molecule has 1 saturated heterocycles. The average molecular weight is 632 g/mol. The fourth-order valence-electron chi connectivity index (χ4n) is 4.37. The van der Waals surface area contributed by atoms with E-state index in [1.54, 1.807) is 46.1 Å². The first-order chi connectivity index (χ1) is 19.6. The standard InChI is InChI=1S/C31H45N3O7SSi/c1-29(2,3)40-27(37)33(28(38)41-30(4,5)6)26-32-18-21(42-26)17-22-23(25(36)39-19-20-15-13-12-14-16-20)34(24(22)35)43(10,11)31(7,8)9/h12-16,18,22-23H,17,19H2,1-11H3/t22-,23+/m1/s1. The van der Waals surface area contributed by atoms with Gasteiger partial charge >= 0.3 is 18.2 Å². The van der Waals surface area contributed by atoms with Crippen molar-refractivity contribution in [2.75, 3.05) is 4.90 Å². The molecule has 3 rings (SSSR count). The highest BCUT2D eigenvalue weighted by Gasteiger charge is 2.60. The normalized spacial score (nSPS) is 17.7. The van der Waals surface area contributed by atoms with Crippen LogP contribution in [-0.2, 0) is 36.8 Å². The summed E-state index contributed by atoms with van der Waals surface area (Å²) in [7, 11) is -2.43. The van der Waals surface area contributed by atoms with Crippen LogP contribution in [0.25, 0.3) is 0 Å². The third-order valence-corrected chi connectivity index (χ3v) is 13.8. The number of anilines is 1. The predicted octanol–water partition coefficient (Wildman–Crippen LogP) is 6.94. The maximum absolute atomic E-state index is 13.7. The van der Waals surface area contributed by atoms with Crippen molar-refractivity contribution in [1.29, 1.82) is 0 Å². The molecule has 0 radical (unpaired) electrons. The van der Waals surface area contributed by atoms with Crippen LogP contribution in [0, 0.1) is 5.92 Å². The maximum atomic E-state index is 13.7. The second-order valence-corrected chi connectivity index (χ2v) is 20.5. The number of amides is 3. The van der Waals surface area contributed by atoms with Crippen molar-refractivity contribution in [2.45, 2.75) is 111 Å². The zero-order valence-corrected chi connectivity index (χ0v) is 29.0. The Morgan fingerprint density at radius 2 is 1.47 bits per heavy atom. The van der Waals surface area contributed by atoms with Crippen molar-refractivity contribution in [3.05, 3.63) is 47.0 Å². The highest BCUT2D eigenvalue weighted by Crippen LogP contribution is 2.46. The van der Waals surface area contributed by atoms with Crippen molar-refractivity contribution < 1.29 is 33.4 Å². The molecular weight excluding hydrogens is 587 g/mol. The first kappa shape index (κ1) is 34.2. The van der Waals surface area contributed by atoms with Crippen molar-refractivity contribution in [3.63, 3.8) is 0 Å². The Bertz CT molecular complexity index is 1310. The Labute approximate surface area is 259 Å². The van der Waals surface area contributed by atoms with E-state index >= 15 is 0 Å². The van der Waals surface area contributed by atoms with Crippen LogP contribution < -0.4 is 4.90 Å². The van der Waals surface area contributed by atoms with Crippen molar-refractivity contribution in [3.8, 4) is 0 Å². The highest BCUT2D eigenvalue weighted by atomic mass is 32.1. The number of rotatable bonds is 7. The van der Waals surface area contributed by atoms with Gasteiger partial charge in [0.15, 0.2) is 8.24 Å². The SMILES string of the molecule is CC(C)(C)OC(=O)N(C(=O)OC(C)(C)C)c1ncc(C[C@H]2C(=O)N([Si](C)(C)C(C)(C)C)[C@@H]2C(=O)OCc2ccccc2)s1. The molecule has 2 aromatic rings. The molecule has 1 fully saturated rings. The highest BCUT2D eigenvalue weighted by molar-refractivity contribution is 7.16. The Hall–Kier alpha value is -3.25. The van der Waals surface area contributed by atoms with Gasteiger partial charge in [-0.3, -0.25) is 4.79 Å². The van der Waals surface area contributed by atoms with Crippen LogP contribution in [0.2, 0.25) is 18.1 Å². The van der Waals surface area contributed by atoms with Crippen molar-refractivity contribution >= 4 is 48.8 Å². The largest absolute Gasteiger partial charge is 0.459 e. The zero-order valence-electron chi connectivity index (χ0n) is 27.1. The van der Waals surface area contributed by atoms with Gasteiger partial charge in [-0.25, -0.2) is 19.4 Å². The molecule has 1 aliphatic rings. The third kappa shape index (κ3) is 8.23.